The number of ether oxygens (including phenoxy) is 2. The van der Waals surface area contributed by atoms with Crippen molar-refractivity contribution in [2.24, 2.45) is 5.73 Å². The summed E-state index contributed by atoms with van der Waals surface area (Å²) in [5.74, 6) is -0.0537. The molecule has 0 aliphatic carbocycles. The number of likely N-dealkylation sites (N-methyl/N-ethyl adjacent to an activating group) is 2. The topological polar surface area (TPSA) is 114 Å². The molecule has 0 radical (unpaired) electrons. The summed E-state index contributed by atoms with van der Waals surface area (Å²) in [4.78, 5) is 40.2. The monoisotopic (exact) mass is 468 g/mol. The van der Waals surface area contributed by atoms with Crippen molar-refractivity contribution in [1.82, 2.24) is 19.8 Å². The van der Waals surface area contributed by atoms with E-state index in [-0.39, 0.29) is 23.6 Å². The molecule has 2 aromatic rings. The molecule has 182 valence electrons. The number of primary amides is 1. The average Bonchev–Trinajstić information content (AvgIpc) is 2.79. The molecule has 2 fully saturated rings. The molecular weight excluding hydrogens is 436 g/mol. The third-order valence-electron chi connectivity index (χ3n) is 6.55. The Balaban J connectivity index is 1.63. The summed E-state index contributed by atoms with van der Waals surface area (Å²) < 4.78 is 11.9. The molecule has 4 rings (SSSR count). The van der Waals surface area contributed by atoms with Gasteiger partial charge in [0.15, 0.2) is 23.0 Å². The van der Waals surface area contributed by atoms with Crippen LogP contribution >= 0.6 is 0 Å². The van der Waals surface area contributed by atoms with E-state index in [1.165, 1.54) is 0 Å². The molecule has 10 nitrogen and oxygen atoms in total. The highest BCUT2D eigenvalue weighted by Gasteiger charge is 2.32. The Morgan fingerprint density at radius 1 is 0.941 bits per heavy atom. The zero-order valence-electron chi connectivity index (χ0n) is 20.2. The minimum atomic E-state index is -0.971. The minimum Gasteiger partial charge on any atom is -0.489 e. The number of carbonyl (C=O) groups is 2. The van der Waals surface area contributed by atoms with Gasteiger partial charge in [-0.05, 0) is 78.1 Å². The van der Waals surface area contributed by atoms with Crippen LogP contribution in [0, 0.1) is 13.8 Å². The zero-order valence-corrected chi connectivity index (χ0v) is 20.2. The maximum absolute atomic E-state index is 13.6. The molecular formula is C24H32N6O4. The van der Waals surface area contributed by atoms with Gasteiger partial charge in [-0.2, -0.15) is 0 Å². The third kappa shape index (κ3) is 4.97. The second-order valence-corrected chi connectivity index (χ2v) is 9.02. The van der Waals surface area contributed by atoms with Crippen LogP contribution in [0.2, 0.25) is 0 Å². The predicted molar refractivity (Wildman–Crippen MR) is 127 cm³/mol. The van der Waals surface area contributed by atoms with Gasteiger partial charge in [0.25, 0.3) is 5.91 Å². The van der Waals surface area contributed by atoms with Gasteiger partial charge in [-0.3, -0.25) is 14.6 Å². The Kier molecular flexibility index (Phi) is 6.99. The summed E-state index contributed by atoms with van der Waals surface area (Å²) in [7, 11) is 4.05. The van der Waals surface area contributed by atoms with Gasteiger partial charge < -0.3 is 15.2 Å². The number of hydrogen-bond acceptors (Lipinski definition) is 8. The number of urea groups is 1. The summed E-state index contributed by atoms with van der Waals surface area (Å²) in [6.45, 7) is 6.40. The van der Waals surface area contributed by atoms with Crippen molar-refractivity contribution in [2.45, 2.75) is 38.8 Å². The molecule has 0 saturated carbocycles. The lowest BCUT2D eigenvalue weighted by Crippen LogP contribution is -2.48. The van der Waals surface area contributed by atoms with Gasteiger partial charge >= 0.3 is 6.03 Å². The molecule has 0 aromatic carbocycles. The fourth-order valence-corrected chi connectivity index (χ4v) is 3.96. The second kappa shape index (κ2) is 9.94. The van der Waals surface area contributed by atoms with E-state index < -0.39 is 11.9 Å². The van der Waals surface area contributed by atoms with Gasteiger partial charge in [0.2, 0.25) is 0 Å². The number of imide groups is 1. The Bertz CT molecular complexity index is 1080. The first-order valence-corrected chi connectivity index (χ1v) is 11.5. The first-order chi connectivity index (χ1) is 16.2. The summed E-state index contributed by atoms with van der Waals surface area (Å²) in [5.41, 5.74) is 6.92. The summed E-state index contributed by atoms with van der Waals surface area (Å²) in [6, 6.07) is 6.51. The van der Waals surface area contributed by atoms with Crippen LogP contribution in [0.3, 0.4) is 0 Å². The fraction of sp³-hybridized carbons (Fsp3) is 0.500. The van der Waals surface area contributed by atoms with Crippen molar-refractivity contribution >= 4 is 17.8 Å². The van der Waals surface area contributed by atoms with Gasteiger partial charge in [-0.15, -0.1) is 0 Å². The van der Waals surface area contributed by atoms with E-state index in [0.717, 1.165) is 30.8 Å². The van der Waals surface area contributed by atoms with Crippen LogP contribution in [0.15, 0.2) is 24.3 Å². The van der Waals surface area contributed by atoms with Gasteiger partial charge in [0.1, 0.15) is 13.2 Å². The number of pyridine rings is 2. The first-order valence-electron chi connectivity index (χ1n) is 11.5. The lowest BCUT2D eigenvalue weighted by atomic mass is 10.1. The molecule has 2 saturated heterocycles. The van der Waals surface area contributed by atoms with Crippen molar-refractivity contribution < 1.29 is 19.1 Å². The number of hydrogen-bond donors (Lipinski definition) is 1. The lowest BCUT2D eigenvalue weighted by Gasteiger charge is -2.37. The molecule has 2 atom stereocenters. The maximum atomic E-state index is 13.6. The lowest BCUT2D eigenvalue weighted by molar-refractivity contribution is 0.0754. The van der Waals surface area contributed by atoms with Gasteiger partial charge in [0.05, 0.1) is 0 Å². The van der Waals surface area contributed by atoms with Crippen LogP contribution in [0.4, 0.5) is 10.6 Å². The number of aromatic nitrogens is 2. The minimum absolute atomic E-state index is 0.00811. The normalized spacial score (nSPS) is 20.2. The summed E-state index contributed by atoms with van der Waals surface area (Å²) >= 11 is 0. The van der Waals surface area contributed by atoms with Gasteiger partial charge in [-0.25, -0.2) is 19.7 Å². The average molecular weight is 469 g/mol. The highest BCUT2D eigenvalue weighted by molar-refractivity contribution is 6.20. The van der Waals surface area contributed by atoms with E-state index in [9.17, 15) is 9.59 Å². The van der Waals surface area contributed by atoms with Crippen LogP contribution in [-0.4, -0.2) is 84.2 Å². The van der Waals surface area contributed by atoms with Crippen molar-refractivity contribution in [2.75, 3.05) is 45.3 Å². The maximum Gasteiger partial charge on any atom is 0.327 e. The quantitative estimate of drug-likeness (QED) is 0.626. The van der Waals surface area contributed by atoms with E-state index in [4.69, 9.17) is 15.2 Å². The second-order valence-electron chi connectivity index (χ2n) is 9.02. The van der Waals surface area contributed by atoms with Gasteiger partial charge in [0, 0.05) is 23.5 Å². The van der Waals surface area contributed by atoms with Crippen LogP contribution in [0.1, 0.15) is 34.7 Å². The number of nitrogens with two attached hydrogens (primary N) is 1. The summed E-state index contributed by atoms with van der Waals surface area (Å²) in [6.07, 6.45) is 2.05. The molecule has 2 aromatic heterocycles. The van der Waals surface area contributed by atoms with Crippen LogP contribution in [-0.2, 0) is 0 Å². The van der Waals surface area contributed by atoms with E-state index in [0.29, 0.717) is 36.1 Å². The molecule has 0 unspecified atom stereocenters. The number of amides is 3. The third-order valence-corrected chi connectivity index (χ3v) is 6.55. The standard InChI is InChI=1S/C24H32N6O4/c1-15-5-7-19(33-13-17-9-11-28(17)3)21(26-15)23(31)30(24(25)32)22-20(8-6-16(2)27-22)34-14-18-10-12-29(18)4/h5-8,17-18H,9-14H2,1-4H3,(H2,25,32)/t17-,18+/m1/s1. The van der Waals surface area contributed by atoms with Crippen molar-refractivity contribution in [3.63, 3.8) is 0 Å². The molecule has 2 aliphatic heterocycles. The Hall–Kier alpha value is -3.24. The smallest absolute Gasteiger partial charge is 0.327 e. The fourth-order valence-electron chi connectivity index (χ4n) is 3.96. The van der Waals surface area contributed by atoms with E-state index in [1.54, 1.807) is 38.1 Å². The molecule has 10 heteroatoms. The molecule has 0 bridgehead atoms. The largest absolute Gasteiger partial charge is 0.489 e. The van der Waals surface area contributed by atoms with E-state index in [1.807, 2.05) is 14.1 Å². The number of aryl methyl sites for hydroxylation is 2. The highest BCUT2D eigenvalue weighted by Crippen LogP contribution is 2.31. The molecule has 0 spiro atoms. The number of nitrogens with zero attached hydrogens (tertiary/aromatic N) is 5. The summed E-state index contributed by atoms with van der Waals surface area (Å²) in [5, 5.41) is 0. The Morgan fingerprint density at radius 2 is 1.47 bits per heavy atom. The molecule has 2 N–H and O–H groups in total. The van der Waals surface area contributed by atoms with Crippen LogP contribution in [0.25, 0.3) is 0 Å². The van der Waals surface area contributed by atoms with E-state index in [2.05, 4.69) is 19.8 Å². The number of likely N-dealkylation sites (tertiary alicyclic amines) is 2. The van der Waals surface area contributed by atoms with Crippen molar-refractivity contribution in [1.29, 1.82) is 0 Å². The predicted octanol–water partition coefficient (Wildman–Crippen LogP) is 1.98. The zero-order chi connectivity index (χ0) is 24.4. The molecule has 4 heterocycles. The van der Waals surface area contributed by atoms with E-state index >= 15 is 0 Å². The highest BCUT2D eigenvalue weighted by atomic mass is 16.5. The van der Waals surface area contributed by atoms with Crippen molar-refractivity contribution in [3.05, 3.63) is 41.3 Å². The number of carbonyl (C=O) groups excluding carboxylic acids is 2. The Morgan fingerprint density at radius 3 is 1.97 bits per heavy atom. The van der Waals surface area contributed by atoms with Crippen LogP contribution < -0.4 is 20.1 Å². The molecule has 3 amide bonds. The van der Waals surface area contributed by atoms with Gasteiger partial charge in [-0.1, -0.05) is 0 Å². The number of rotatable bonds is 8. The molecule has 2 aliphatic rings. The molecule has 34 heavy (non-hydrogen) atoms. The first kappa shape index (κ1) is 23.9. The number of anilines is 1. The van der Waals surface area contributed by atoms with Crippen LogP contribution in [0.5, 0.6) is 11.5 Å². The SMILES string of the molecule is Cc1ccc(OC[C@H]2CCN2C)c(C(=O)N(C(N)=O)c2nc(C)ccc2OC[C@@H]2CCN2C)n1. The van der Waals surface area contributed by atoms with Crippen molar-refractivity contribution in [3.8, 4) is 11.5 Å². The Labute approximate surface area is 199 Å².